The molecule has 1 aliphatic carbocycles. The van der Waals surface area contributed by atoms with Gasteiger partial charge in [0.25, 0.3) is 17.2 Å². The molecule has 1 amide bonds. The van der Waals surface area contributed by atoms with Crippen LogP contribution in [0.25, 0.3) is 0 Å². The number of anilines is 5. The fourth-order valence-electron chi connectivity index (χ4n) is 3.55. The van der Waals surface area contributed by atoms with Crippen molar-refractivity contribution in [2.45, 2.75) is 32.6 Å². The van der Waals surface area contributed by atoms with Crippen LogP contribution >= 0.6 is 0 Å². The number of rotatable bonds is 10. The lowest BCUT2D eigenvalue weighted by atomic mass is 10.1. The second kappa shape index (κ2) is 11.0. The van der Waals surface area contributed by atoms with Crippen molar-refractivity contribution < 1.29 is 22.8 Å². The summed E-state index contributed by atoms with van der Waals surface area (Å²) in [6.07, 6.45) is 4.63. The van der Waals surface area contributed by atoms with Gasteiger partial charge in [-0.15, -0.1) is 0 Å². The highest BCUT2D eigenvalue weighted by Crippen LogP contribution is 2.43. The third-order valence-electron chi connectivity index (χ3n) is 5.67. The van der Waals surface area contributed by atoms with E-state index in [-0.39, 0.29) is 12.2 Å². The van der Waals surface area contributed by atoms with Crippen LogP contribution in [0.3, 0.4) is 0 Å². The largest absolute Gasteiger partial charge is 0.353 e. The summed E-state index contributed by atoms with van der Waals surface area (Å²) in [5.74, 6) is 0.216. The minimum Gasteiger partial charge on any atom is -0.353 e. The maximum absolute atomic E-state index is 13.6. The summed E-state index contributed by atoms with van der Waals surface area (Å²) in [6, 6.07) is 8.79. The molecular formula is C24H27FN6O4S. The number of carbonyl (C=O) groups excluding carboxylic acids is 1. The molecule has 1 fully saturated rings. The first kappa shape index (κ1) is 25.5. The molecule has 0 bridgehead atoms. The van der Waals surface area contributed by atoms with Gasteiger partial charge >= 0.3 is 0 Å². The average molecular weight is 515 g/mol. The third kappa shape index (κ3) is 5.96. The number of hydroxylamine groups is 1. The summed E-state index contributed by atoms with van der Waals surface area (Å²) in [5, 5.41) is 6.21. The monoisotopic (exact) mass is 514 g/mol. The summed E-state index contributed by atoms with van der Waals surface area (Å²) < 4.78 is 36.5. The molecule has 190 valence electrons. The molecule has 1 aromatic carbocycles. The number of carbonyl (C=O) groups is 1. The average Bonchev–Trinajstić information content (AvgIpc) is 3.70. The topological polar surface area (TPSA) is 129 Å². The molecule has 4 N–H and O–H groups in total. The van der Waals surface area contributed by atoms with Gasteiger partial charge in [0, 0.05) is 19.3 Å². The highest BCUT2D eigenvalue weighted by Gasteiger charge is 2.26. The molecule has 3 aromatic rings. The van der Waals surface area contributed by atoms with E-state index in [0.717, 1.165) is 24.6 Å². The summed E-state index contributed by atoms with van der Waals surface area (Å²) in [5.41, 5.74) is 5.41. The smallest absolute Gasteiger partial charge is 0.278 e. The normalized spacial score (nSPS) is 13.7. The van der Waals surface area contributed by atoms with Crippen molar-refractivity contribution in [3.05, 3.63) is 65.2 Å². The first-order valence-corrected chi connectivity index (χ1v) is 12.4. The number of pyridine rings is 2. The Morgan fingerprint density at radius 3 is 2.56 bits per heavy atom. The predicted molar refractivity (Wildman–Crippen MR) is 136 cm³/mol. The van der Waals surface area contributed by atoms with E-state index in [1.54, 1.807) is 26.0 Å². The molecule has 0 saturated heterocycles. The van der Waals surface area contributed by atoms with Crippen molar-refractivity contribution in [1.82, 2.24) is 15.4 Å². The van der Waals surface area contributed by atoms with E-state index in [9.17, 15) is 17.9 Å². The van der Waals surface area contributed by atoms with Crippen molar-refractivity contribution in [2.75, 3.05) is 28.6 Å². The molecule has 1 aliphatic rings. The van der Waals surface area contributed by atoms with Crippen LogP contribution in [0.1, 0.15) is 47.2 Å². The van der Waals surface area contributed by atoms with Gasteiger partial charge in [-0.25, -0.2) is 24.0 Å². The van der Waals surface area contributed by atoms with Gasteiger partial charge in [-0.05, 0) is 61.9 Å². The van der Waals surface area contributed by atoms with E-state index < -0.39 is 23.0 Å². The van der Waals surface area contributed by atoms with Gasteiger partial charge in [-0.3, -0.25) is 18.5 Å². The zero-order valence-electron chi connectivity index (χ0n) is 20.0. The first-order valence-electron chi connectivity index (χ1n) is 11.3. The van der Waals surface area contributed by atoms with Crippen LogP contribution in [0, 0.1) is 12.7 Å². The number of hydrogen-bond acceptors (Lipinski definition) is 7. The summed E-state index contributed by atoms with van der Waals surface area (Å²) in [4.78, 5) is 26.1. The van der Waals surface area contributed by atoms with Crippen LogP contribution in [-0.2, 0) is 16.1 Å². The summed E-state index contributed by atoms with van der Waals surface area (Å²) >= 11 is -2.25. The van der Waals surface area contributed by atoms with E-state index in [2.05, 4.69) is 26.1 Å². The molecule has 0 spiro atoms. The molecule has 2 heterocycles. The molecular weight excluding hydrogens is 487 g/mol. The number of halogens is 1. The maximum atomic E-state index is 13.6. The Kier molecular flexibility index (Phi) is 7.77. The van der Waals surface area contributed by atoms with Crippen molar-refractivity contribution in [3.8, 4) is 0 Å². The molecule has 1 unspecified atom stereocenters. The number of nitrogens with zero attached hydrogens (tertiary/aromatic N) is 3. The highest BCUT2D eigenvalue weighted by molar-refractivity contribution is 7.80. The standard InChI is InChI=1S/C24H27FN6O4S/c1-4-35-30-24(32)17-12-26-23(29-22-9-14(2)18(25)13-27-22)11-20(17)28-19-8-7-16(15-5-6-15)10-21(19)31(3)36(33)34/h7-13,15H,4-6H2,1-3H3,(H,30,32)(H,33,34)(H2,26,27,28,29). The van der Waals surface area contributed by atoms with E-state index in [0.29, 0.717) is 40.2 Å². The van der Waals surface area contributed by atoms with Gasteiger partial charge in [0.05, 0.1) is 35.4 Å². The second-order valence-corrected chi connectivity index (χ2v) is 9.34. The Labute approximate surface area is 210 Å². The SMILES string of the molecule is CCONC(=O)c1cnc(Nc2cc(C)c(F)cn2)cc1Nc1ccc(C2CC2)cc1N(C)S(=O)O. The van der Waals surface area contributed by atoms with E-state index in [1.165, 1.54) is 17.5 Å². The fourth-order valence-corrected chi connectivity index (χ4v) is 3.87. The molecule has 2 aromatic heterocycles. The Bertz CT molecular complexity index is 1300. The van der Waals surface area contributed by atoms with Crippen molar-refractivity contribution in [1.29, 1.82) is 0 Å². The van der Waals surface area contributed by atoms with Crippen LogP contribution in [0.4, 0.5) is 33.1 Å². The minimum absolute atomic E-state index is 0.183. The third-order valence-corrected chi connectivity index (χ3v) is 6.34. The van der Waals surface area contributed by atoms with Gasteiger partial charge < -0.3 is 10.6 Å². The van der Waals surface area contributed by atoms with Crippen LogP contribution in [-0.4, -0.2) is 38.3 Å². The number of aryl methyl sites for hydroxylation is 1. The molecule has 1 atom stereocenters. The molecule has 0 aliphatic heterocycles. The Morgan fingerprint density at radius 2 is 1.89 bits per heavy atom. The minimum atomic E-state index is -2.25. The van der Waals surface area contributed by atoms with E-state index >= 15 is 0 Å². The zero-order chi connectivity index (χ0) is 25.8. The summed E-state index contributed by atoms with van der Waals surface area (Å²) in [6.45, 7) is 3.64. The van der Waals surface area contributed by atoms with Crippen molar-refractivity contribution >= 4 is 45.9 Å². The quantitative estimate of drug-likeness (QED) is 0.229. The second-order valence-electron chi connectivity index (χ2n) is 8.33. The molecule has 12 heteroatoms. The Balaban J connectivity index is 1.72. The lowest BCUT2D eigenvalue weighted by Gasteiger charge is -2.21. The van der Waals surface area contributed by atoms with Crippen LogP contribution < -0.4 is 20.4 Å². The fraction of sp³-hybridized carbons (Fsp3) is 0.292. The van der Waals surface area contributed by atoms with Crippen LogP contribution in [0.2, 0.25) is 0 Å². The lowest BCUT2D eigenvalue weighted by molar-refractivity contribution is 0.0365. The number of hydrogen-bond donors (Lipinski definition) is 4. The van der Waals surface area contributed by atoms with Gasteiger partial charge in [0.1, 0.15) is 17.5 Å². The van der Waals surface area contributed by atoms with Gasteiger partial charge in [-0.2, -0.15) is 0 Å². The lowest BCUT2D eigenvalue weighted by Crippen LogP contribution is -2.25. The molecule has 0 radical (unpaired) electrons. The van der Waals surface area contributed by atoms with E-state index in [1.807, 2.05) is 18.2 Å². The number of aromatic nitrogens is 2. The maximum Gasteiger partial charge on any atom is 0.278 e. The van der Waals surface area contributed by atoms with E-state index in [4.69, 9.17) is 4.84 Å². The van der Waals surface area contributed by atoms with Crippen molar-refractivity contribution in [2.24, 2.45) is 0 Å². The Hall–Kier alpha value is -3.61. The zero-order valence-corrected chi connectivity index (χ0v) is 20.9. The molecule has 36 heavy (non-hydrogen) atoms. The van der Waals surface area contributed by atoms with Gasteiger partial charge in [-0.1, -0.05) is 6.07 Å². The van der Waals surface area contributed by atoms with Gasteiger partial charge in [0.2, 0.25) is 0 Å². The van der Waals surface area contributed by atoms with Crippen molar-refractivity contribution in [3.63, 3.8) is 0 Å². The summed E-state index contributed by atoms with van der Waals surface area (Å²) in [7, 11) is 1.51. The van der Waals surface area contributed by atoms with Gasteiger partial charge in [0.15, 0.2) is 0 Å². The molecule has 1 saturated carbocycles. The predicted octanol–water partition coefficient (Wildman–Crippen LogP) is 4.54. The first-order chi connectivity index (χ1) is 17.3. The number of nitrogens with one attached hydrogen (secondary N) is 3. The number of amides is 1. The highest BCUT2D eigenvalue weighted by atomic mass is 32.2. The number of benzene rings is 1. The molecule has 10 nitrogen and oxygen atoms in total. The van der Waals surface area contributed by atoms with Crippen LogP contribution in [0.5, 0.6) is 0 Å². The molecule has 4 rings (SSSR count). The Morgan fingerprint density at radius 1 is 1.17 bits per heavy atom. The van der Waals surface area contributed by atoms with Crippen LogP contribution in [0.15, 0.2) is 42.7 Å².